The summed E-state index contributed by atoms with van der Waals surface area (Å²) in [7, 11) is 0. The number of esters is 2. The highest BCUT2D eigenvalue weighted by Crippen LogP contribution is 2.56. The van der Waals surface area contributed by atoms with Gasteiger partial charge in [0.15, 0.2) is 0 Å². The van der Waals surface area contributed by atoms with Crippen LogP contribution in [0.1, 0.15) is 25.8 Å². The van der Waals surface area contributed by atoms with E-state index in [1.165, 1.54) is 0 Å². The summed E-state index contributed by atoms with van der Waals surface area (Å²) in [6.45, 7) is 4.07. The summed E-state index contributed by atoms with van der Waals surface area (Å²) in [6.07, 6.45) is 0.423. The minimum Gasteiger partial charge on any atom is -0.466 e. The van der Waals surface area contributed by atoms with Crippen LogP contribution in [-0.2, 0) is 24.5 Å². The molecule has 2 atom stereocenters. The van der Waals surface area contributed by atoms with Gasteiger partial charge in [-0.05, 0) is 38.0 Å². The monoisotopic (exact) mass is 296 g/mol. The summed E-state index contributed by atoms with van der Waals surface area (Å²) < 4.78 is 10.2. The van der Waals surface area contributed by atoms with E-state index in [9.17, 15) is 9.59 Å². The van der Waals surface area contributed by atoms with E-state index in [1.807, 2.05) is 0 Å². The van der Waals surface area contributed by atoms with Crippen molar-refractivity contribution in [1.29, 1.82) is 0 Å². The van der Waals surface area contributed by atoms with Crippen LogP contribution < -0.4 is 0 Å². The largest absolute Gasteiger partial charge is 0.466 e. The Morgan fingerprint density at radius 3 is 2.35 bits per heavy atom. The first-order chi connectivity index (χ1) is 9.56. The average Bonchev–Trinajstić information content (AvgIpc) is 3.17. The molecule has 1 saturated carbocycles. The van der Waals surface area contributed by atoms with Gasteiger partial charge in [0.05, 0.1) is 19.1 Å². The predicted octanol–water partition coefficient (Wildman–Crippen LogP) is 2.72. The minimum atomic E-state index is -0.910. The van der Waals surface area contributed by atoms with Gasteiger partial charge < -0.3 is 9.47 Å². The molecule has 1 fully saturated rings. The zero-order valence-corrected chi connectivity index (χ0v) is 12.3. The van der Waals surface area contributed by atoms with Crippen molar-refractivity contribution in [3.8, 4) is 0 Å². The Hall–Kier alpha value is -1.55. The van der Waals surface area contributed by atoms with E-state index in [2.05, 4.69) is 0 Å². The van der Waals surface area contributed by atoms with E-state index in [0.717, 1.165) is 5.56 Å². The van der Waals surface area contributed by atoms with E-state index in [4.69, 9.17) is 21.1 Å². The summed E-state index contributed by atoms with van der Waals surface area (Å²) >= 11 is 5.86. The summed E-state index contributed by atoms with van der Waals surface area (Å²) in [5, 5.41) is 0.584. The van der Waals surface area contributed by atoms with Crippen molar-refractivity contribution >= 4 is 23.5 Å². The van der Waals surface area contributed by atoms with Crippen molar-refractivity contribution in [3.05, 3.63) is 34.9 Å². The average molecular weight is 297 g/mol. The molecule has 0 aromatic heterocycles. The Labute approximate surface area is 123 Å². The molecular weight excluding hydrogens is 280 g/mol. The van der Waals surface area contributed by atoms with Gasteiger partial charge >= 0.3 is 11.9 Å². The highest BCUT2D eigenvalue weighted by molar-refractivity contribution is 6.30. The maximum atomic E-state index is 12.3. The molecule has 2 rings (SSSR count). The smallest absolute Gasteiger partial charge is 0.317 e. The molecule has 1 aromatic carbocycles. The second-order valence-electron chi connectivity index (χ2n) is 4.71. The van der Waals surface area contributed by atoms with E-state index < -0.39 is 11.3 Å². The van der Waals surface area contributed by atoms with Crippen molar-refractivity contribution in [1.82, 2.24) is 0 Å². The van der Waals surface area contributed by atoms with E-state index in [0.29, 0.717) is 18.1 Å². The summed E-state index contributed by atoms with van der Waals surface area (Å²) in [5.74, 6) is -1.20. The van der Waals surface area contributed by atoms with Crippen molar-refractivity contribution in [2.24, 2.45) is 5.92 Å². The summed E-state index contributed by atoms with van der Waals surface area (Å²) in [5.41, 5.74) is -0.161. The molecule has 4 nitrogen and oxygen atoms in total. The summed E-state index contributed by atoms with van der Waals surface area (Å²) in [4.78, 5) is 24.2. The topological polar surface area (TPSA) is 52.6 Å². The fourth-order valence-corrected chi connectivity index (χ4v) is 2.59. The Morgan fingerprint density at radius 2 is 1.80 bits per heavy atom. The lowest BCUT2D eigenvalue weighted by Gasteiger charge is -2.16. The summed E-state index contributed by atoms with van der Waals surface area (Å²) in [6, 6.07) is 6.94. The van der Waals surface area contributed by atoms with Gasteiger partial charge in [-0.2, -0.15) is 0 Å². The lowest BCUT2D eigenvalue weighted by atomic mass is 9.93. The van der Waals surface area contributed by atoms with Crippen LogP contribution in [0.5, 0.6) is 0 Å². The number of benzene rings is 1. The van der Waals surface area contributed by atoms with Crippen LogP contribution >= 0.6 is 11.6 Å². The molecule has 0 amide bonds. The van der Waals surface area contributed by atoms with Crippen molar-refractivity contribution in [3.63, 3.8) is 0 Å². The molecule has 0 N–H and O–H groups in total. The fraction of sp³-hybridized carbons (Fsp3) is 0.467. The molecule has 0 bridgehead atoms. The molecule has 1 aromatic rings. The molecule has 0 unspecified atom stereocenters. The van der Waals surface area contributed by atoms with E-state index >= 15 is 0 Å². The number of carbonyl (C=O) groups excluding carboxylic acids is 2. The third-order valence-electron chi connectivity index (χ3n) is 3.53. The fourth-order valence-electron chi connectivity index (χ4n) is 2.46. The third-order valence-corrected chi connectivity index (χ3v) is 3.78. The molecule has 0 spiro atoms. The van der Waals surface area contributed by atoms with Crippen LogP contribution in [0.3, 0.4) is 0 Å². The van der Waals surface area contributed by atoms with Gasteiger partial charge in [-0.15, -0.1) is 0 Å². The third kappa shape index (κ3) is 2.52. The van der Waals surface area contributed by atoms with Gasteiger partial charge in [0.25, 0.3) is 0 Å². The first kappa shape index (κ1) is 14.9. The predicted molar refractivity (Wildman–Crippen MR) is 74.5 cm³/mol. The first-order valence-electron chi connectivity index (χ1n) is 6.66. The molecule has 0 aliphatic heterocycles. The number of rotatable bonds is 5. The van der Waals surface area contributed by atoms with Crippen molar-refractivity contribution in [2.45, 2.75) is 25.7 Å². The normalized spacial score (nSPS) is 24.1. The van der Waals surface area contributed by atoms with Crippen LogP contribution in [-0.4, -0.2) is 25.2 Å². The van der Waals surface area contributed by atoms with E-state index in [1.54, 1.807) is 38.1 Å². The van der Waals surface area contributed by atoms with Crippen LogP contribution in [0.25, 0.3) is 0 Å². The van der Waals surface area contributed by atoms with Gasteiger partial charge in [-0.3, -0.25) is 9.59 Å². The zero-order valence-electron chi connectivity index (χ0n) is 11.5. The first-order valence-corrected chi connectivity index (χ1v) is 7.04. The van der Waals surface area contributed by atoms with Crippen LogP contribution in [0.4, 0.5) is 0 Å². The highest BCUT2D eigenvalue weighted by Gasteiger charge is 2.66. The molecule has 1 aliphatic carbocycles. The second-order valence-corrected chi connectivity index (χ2v) is 5.14. The molecule has 1 aliphatic rings. The van der Waals surface area contributed by atoms with Gasteiger partial charge in [0.1, 0.15) is 5.41 Å². The highest BCUT2D eigenvalue weighted by atomic mass is 35.5. The second kappa shape index (κ2) is 5.83. The van der Waals surface area contributed by atoms with Crippen molar-refractivity contribution in [2.75, 3.05) is 13.2 Å². The SMILES string of the molecule is CCOC(=O)[C@@H]1C[C@]1(C(=O)OCC)c1ccc(Cl)cc1. The number of halogens is 1. The Bertz CT molecular complexity index is 511. The Kier molecular flexibility index (Phi) is 4.33. The van der Waals surface area contributed by atoms with Crippen LogP contribution in [0.2, 0.25) is 5.02 Å². The lowest BCUT2D eigenvalue weighted by molar-refractivity contribution is -0.152. The Balaban J connectivity index is 2.30. The van der Waals surface area contributed by atoms with Gasteiger partial charge in [-0.25, -0.2) is 0 Å². The zero-order chi connectivity index (χ0) is 14.8. The maximum Gasteiger partial charge on any atom is 0.317 e. The van der Waals surface area contributed by atoms with Crippen molar-refractivity contribution < 1.29 is 19.1 Å². The van der Waals surface area contributed by atoms with Gasteiger partial charge in [0.2, 0.25) is 0 Å². The number of hydrogen-bond donors (Lipinski definition) is 0. The molecule has 0 radical (unpaired) electrons. The van der Waals surface area contributed by atoms with Gasteiger partial charge in [0, 0.05) is 5.02 Å². The van der Waals surface area contributed by atoms with Gasteiger partial charge in [-0.1, -0.05) is 23.7 Å². The van der Waals surface area contributed by atoms with E-state index in [-0.39, 0.29) is 18.5 Å². The number of hydrogen-bond acceptors (Lipinski definition) is 4. The number of ether oxygens (including phenoxy) is 2. The number of carbonyl (C=O) groups is 2. The van der Waals surface area contributed by atoms with Crippen LogP contribution in [0, 0.1) is 5.92 Å². The van der Waals surface area contributed by atoms with Crippen LogP contribution in [0.15, 0.2) is 24.3 Å². The maximum absolute atomic E-state index is 12.3. The molecule has 108 valence electrons. The molecule has 20 heavy (non-hydrogen) atoms. The Morgan fingerprint density at radius 1 is 1.20 bits per heavy atom. The quantitative estimate of drug-likeness (QED) is 0.784. The molecule has 0 saturated heterocycles. The molecule has 5 heteroatoms. The lowest BCUT2D eigenvalue weighted by Crippen LogP contribution is -2.28. The molecular formula is C15H17ClO4. The molecule has 0 heterocycles. The minimum absolute atomic E-state index is 0.281. The standard InChI is InChI=1S/C15H17ClO4/c1-3-19-13(17)12-9-15(12,14(18)20-4-2)10-5-7-11(16)8-6-10/h5-8,12H,3-4,9H2,1-2H3/t12-,15-/m0/s1.